The summed E-state index contributed by atoms with van der Waals surface area (Å²) < 4.78 is 0. The molecule has 0 spiro atoms. The van der Waals surface area contributed by atoms with Crippen molar-refractivity contribution in [1.82, 2.24) is 16.0 Å². The SMILES string of the molecule is O=C(O)C[C@H](NC(=O)[C@@H]1CCCN1)C(=O)N[C@@H](CC1CCCCC1)C(=O)O. The van der Waals surface area contributed by atoms with Crippen molar-refractivity contribution in [2.45, 2.75) is 75.9 Å². The highest BCUT2D eigenvalue weighted by Gasteiger charge is 2.32. The second-order valence-electron chi connectivity index (χ2n) is 7.45. The summed E-state index contributed by atoms with van der Waals surface area (Å²) >= 11 is 0. The van der Waals surface area contributed by atoms with Crippen molar-refractivity contribution >= 4 is 23.8 Å². The van der Waals surface area contributed by atoms with Crippen LogP contribution in [0.2, 0.25) is 0 Å². The van der Waals surface area contributed by atoms with Gasteiger partial charge in [-0.3, -0.25) is 14.4 Å². The lowest BCUT2D eigenvalue weighted by atomic mass is 9.85. The molecule has 1 aliphatic heterocycles. The summed E-state index contributed by atoms with van der Waals surface area (Å²) in [6.07, 6.45) is 6.28. The molecule has 2 amide bonds. The molecule has 1 heterocycles. The average Bonchev–Trinajstić information content (AvgIpc) is 3.15. The Bertz CT molecular complexity index is 555. The molecule has 9 nitrogen and oxygen atoms in total. The van der Waals surface area contributed by atoms with Crippen LogP contribution in [0.4, 0.5) is 0 Å². The van der Waals surface area contributed by atoms with Crippen LogP contribution in [0.25, 0.3) is 0 Å². The Balaban J connectivity index is 1.97. The van der Waals surface area contributed by atoms with Gasteiger partial charge in [0, 0.05) is 0 Å². The largest absolute Gasteiger partial charge is 0.481 e. The Hall–Kier alpha value is -2.16. The normalized spacial score (nSPS) is 22.6. The number of hydrogen-bond donors (Lipinski definition) is 5. The molecular weight excluding hydrogens is 354 g/mol. The van der Waals surface area contributed by atoms with E-state index in [0.29, 0.717) is 19.4 Å². The second kappa shape index (κ2) is 10.2. The first-order valence-electron chi connectivity index (χ1n) is 9.65. The van der Waals surface area contributed by atoms with Gasteiger partial charge >= 0.3 is 11.9 Å². The van der Waals surface area contributed by atoms with Gasteiger partial charge in [-0.2, -0.15) is 0 Å². The number of carboxylic acid groups (broad SMARTS) is 2. The van der Waals surface area contributed by atoms with Crippen LogP contribution in [0, 0.1) is 5.92 Å². The lowest BCUT2D eigenvalue weighted by molar-refractivity contribution is -0.144. The third kappa shape index (κ3) is 6.82. The molecule has 152 valence electrons. The van der Waals surface area contributed by atoms with E-state index in [1.807, 2.05) is 0 Å². The van der Waals surface area contributed by atoms with Gasteiger partial charge in [0.25, 0.3) is 0 Å². The molecule has 0 aromatic heterocycles. The van der Waals surface area contributed by atoms with Crippen molar-refractivity contribution < 1.29 is 29.4 Å². The van der Waals surface area contributed by atoms with Crippen molar-refractivity contribution in [3.63, 3.8) is 0 Å². The monoisotopic (exact) mass is 383 g/mol. The van der Waals surface area contributed by atoms with Crippen LogP contribution in [-0.4, -0.2) is 58.6 Å². The Kier molecular flexibility index (Phi) is 8.02. The van der Waals surface area contributed by atoms with Crippen LogP contribution >= 0.6 is 0 Å². The smallest absolute Gasteiger partial charge is 0.326 e. The van der Waals surface area contributed by atoms with Crippen LogP contribution in [0.15, 0.2) is 0 Å². The van der Waals surface area contributed by atoms with Gasteiger partial charge in [-0.25, -0.2) is 4.79 Å². The third-order valence-corrected chi connectivity index (χ3v) is 5.30. The van der Waals surface area contributed by atoms with E-state index >= 15 is 0 Å². The molecule has 0 bridgehead atoms. The van der Waals surface area contributed by atoms with Crippen molar-refractivity contribution in [3.05, 3.63) is 0 Å². The van der Waals surface area contributed by atoms with Gasteiger partial charge in [-0.05, 0) is 31.7 Å². The number of amides is 2. The average molecular weight is 383 g/mol. The molecule has 2 aliphatic rings. The van der Waals surface area contributed by atoms with Crippen LogP contribution in [0.1, 0.15) is 57.8 Å². The summed E-state index contributed by atoms with van der Waals surface area (Å²) in [4.78, 5) is 47.4. The number of carboxylic acids is 2. The number of hydrogen-bond acceptors (Lipinski definition) is 5. The zero-order valence-corrected chi connectivity index (χ0v) is 15.4. The van der Waals surface area contributed by atoms with Gasteiger partial charge in [0.05, 0.1) is 12.5 Å². The minimum atomic E-state index is -1.30. The fraction of sp³-hybridized carbons (Fsp3) is 0.778. The molecule has 1 saturated carbocycles. The Morgan fingerprint density at radius 3 is 2.19 bits per heavy atom. The molecule has 1 saturated heterocycles. The van der Waals surface area contributed by atoms with Gasteiger partial charge in [-0.1, -0.05) is 32.1 Å². The summed E-state index contributed by atoms with van der Waals surface area (Å²) in [5, 5.41) is 26.4. The first-order chi connectivity index (χ1) is 12.9. The zero-order chi connectivity index (χ0) is 19.8. The predicted molar refractivity (Wildman–Crippen MR) is 96.0 cm³/mol. The fourth-order valence-electron chi connectivity index (χ4n) is 3.81. The number of carbonyl (C=O) groups is 4. The first-order valence-corrected chi connectivity index (χ1v) is 9.65. The quantitative estimate of drug-likeness (QED) is 0.383. The molecule has 2 fully saturated rings. The van der Waals surface area contributed by atoms with Crippen molar-refractivity contribution in [2.24, 2.45) is 5.92 Å². The van der Waals surface area contributed by atoms with Gasteiger partial charge in [-0.15, -0.1) is 0 Å². The third-order valence-electron chi connectivity index (χ3n) is 5.30. The molecule has 27 heavy (non-hydrogen) atoms. The number of rotatable bonds is 9. The summed E-state index contributed by atoms with van der Waals surface area (Å²) in [6, 6.07) is -2.84. The maximum Gasteiger partial charge on any atom is 0.326 e. The summed E-state index contributed by atoms with van der Waals surface area (Å²) in [7, 11) is 0. The lowest BCUT2D eigenvalue weighted by Gasteiger charge is -2.26. The van der Waals surface area contributed by atoms with Crippen LogP contribution < -0.4 is 16.0 Å². The zero-order valence-electron chi connectivity index (χ0n) is 15.4. The molecular formula is C18H29N3O6. The fourth-order valence-corrected chi connectivity index (χ4v) is 3.81. The van der Waals surface area contributed by atoms with E-state index in [0.717, 1.165) is 38.5 Å². The molecule has 0 aromatic carbocycles. The van der Waals surface area contributed by atoms with Gasteiger partial charge in [0.15, 0.2) is 0 Å². The number of aliphatic carboxylic acids is 2. The molecule has 5 N–H and O–H groups in total. The van der Waals surface area contributed by atoms with E-state index < -0.39 is 48.3 Å². The maximum absolute atomic E-state index is 12.5. The highest BCUT2D eigenvalue weighted by atomic mass is 16.4. The van der Waals surface area contributed by atoms with Gasteiger partial charge in [0.1, 0.15) is 12.1 Å². The van der Waals surface area contributed by atoms with Crippen LogP contribution in [0.5, 0.6) is 0 Å². The van der Waals surface area contributed by atoms with E-state index in [-0.39, 0.29) is 5.92 Å². The summed E-state index contributed by atoms with van der Waals surface area (Å²) in [6.45, 7) is 0.691. The molecule has 9 heteroatoms. The van der Waals surface area contributed by atoms with E-state index in [1.165, 1.54) is 0 Å². The first kappa shape index (κ1) is 21.1. The van der Waals surface area contributed by atoms with E-state index in [9.17, 15) is 24.3 Å². The van der Waals surface area contributed by atoms with Crippen LogP contribution in [-0.2, 0) is 19.2 Å². The molecule has 0 unspecified atom stereocenters. The highest BCUT2D eigenvalue weighted by molar-refractivity contribution is 5.94. The maximum atomic E-state index is 12.5. The number of carbonyl (C=O) groups excluding carboxylic acids is 2. The minimum absolute atomic E-state index is 0.232. The molecule has 0 radical (unpaired) electrons. The van der Waals surface area contributed by atoms with Crippen molar-refractivity contribution in [3.8, 4) is 0 Å². The Labute approximate surface area is 158 Å². The van der Waals surface area contributed by atoms with E-state index in [4.69, 9.17) is 5.11 Å². The highest BCUT2D eigenvalue weighted by Crippen LogP contribution is 2.27. The Morgan fingerprint density at radius 1 is 0.926 bits per heavy atom. The topological polar surface area (TPSA) is 145 Å². The predicted octanol–water partition coefficient (Wildman–Crippen LogP) is 0.238. The molecule has 2 rings (SSSR count). The summed E-state index contributed by atoms with van der Waals surface area (Å²) in [5.41, 5.74) is 0. The van der Waals surface area contributed by atoms with Gasteiger partial charge < -0.3 is 26.2 Å². The van der Waals surface area contributed by atoms with Crippen molar-refractivity contribution in [1.29, 1.82) is 0 Å². The molecule has 1 aliphatic carbocycles. The van der Waals surface area contributed by atoms with E-state index in [2.05, 4.69) is 16.0 Å². The number of nitrogens with one attached hydrogen (secondary N) is 3. The lowest BCUT2D eigenvalue weighted by Crippen LogP contribution is -2.55. The summed E-state index contributed by atoms with van der Waals surface area (Å²) in [5.74, 6) is -3.36. The molecule has 3 atom stereocenters. The second-order valence-corrected chi connectivity index (χ2v) is 7.45. The van der Waals surface area contributed by atoms with Gasteiger partial charge in [0.2, 0.25) is 11.8 Å². The standard InChI is InChI=1S/C18H29N3O6/c22-15(23)10-13(20-16(24)12-7-4-8-19-12)17(25)21-14(18(26)27)9-11-5-2-1-3-6-11/h11-14,19H,1-10H2,(H,20,24)(H,21,25)(H,22,23)(H,26,27)/t12-,13-,14-/m0/s1. The minimum Gasteiger partial charge on any atom is -0.481 e. The van der Waals surface area contributed by atoms with Crippen molar-refractivity contribution in [2.75, 3.05) is 6.54 Å². The Morgan fingerprint density at radius 2 is 1.63 bits per heavy atom. The van der Waals surface area contributed by atoms with E-state index in [1.54, 1.807) is 0 Å². The molecule has 0 aromatic rings. The van der Waals surface area contributed by atoms with Crippen LogP contribution in [0.3, 0.4) is 0 Å².